The molecule has 1 unspecified atom stereocenters. The van der Waals surface area contributed by atoms with Gasteiger partial charge in [-0.3, -0.25) is 4.98 Å². The van der Waals surface area contributed by atoms with Crippen LogP contribution in [0.25, 0.3) is 0 Å². The van der Waals surface area contributed by atoms with Crippen LogP contribution in [0.5, 0.6) is 0 Å². The number of nitrogen functional groups attached to an aromatic ring is 1. The molecule has 0 aliphatic rings. The van der Waals surface area contributed by atoms with E-state index in [2.05, 4.69) is 26.2 Å². The van der Waals surface area contributed by atoms with Crippen LogP contribution < -0.4 is 11.1 Å². The van der Waals surface area contributed by atoms with E-state index in [0.29, 0.717) is 11.3 Å². The topological polar surface area (TPSA) is 50.9 Å². The summed E-state index contributed by atoms with van der Waals surface area (Å²) in [5.41, 5.74) is 7.68. The Kier molecular flexibility index (Phi) is 3.81. The highest BCUT2D eigenvalue weighted by molar-refractivity contribution is 9.10. The average Bonchev–Trinajstić information content (AvgIpc) is 2.34. The molecule has 0 saturated heterocycles. The third-order valence-electron chi connectivity index (χ3n) is 2.66. The van der Waals surface area contributed by atoms with Gasteiger partial charge in [-0.1, -0.05) is 18.2 Å². The van der Waals surface area contributed by atoms with Crippen LogP contribution in [-0.4, -0.2) is 4.98 Å². The molecule has 3 N–H and O–H groups in total. The van der Waals surface area contributed by atoms with Crippen LogP contribution in [0.4, 0.5) is 15.8 Å². The summed E-state index contributed by atoms with van der Waals surface area (Å²) in [7, 11) is 0. The highest BCUT2D eigenvalue weighted by Crippen LogP contribution is 2.31. The number of pyridine rings is 1. The van der Waals surface area contributed by atoms with Gasteiger partial charge in [0.2, 0.25) is 0 Å². The Morgan fingerprint density at radius 1 is 1.33 bits per heavy atom. The van der Waals surface area contributed by atoms with Gasteiger partial charge in [-0.2, -0.15) is 0 Å². The van der Waals surface area contributed by atoms with Crippen molar-refractivity contribution in [1.82, 2.24) is 4.98 Å². The van der Waals surface area contributed by atoms with Crippen LogP contribution in [0.3, 0.4) is 0 Å². The zero-order valence-electron chi connectivity index (χ0n) is 9.82. The largest absolute Gasteiger partial charge is 0.396 e. The van der Waals surface area contributed by atoms with Gasteiger partial charge in [-0.05, 0) is 28.9 Å². The molecule has 0 amide bonds. The van der Waals surface area contributed by atoms with E-state index >= 15 is 0 Å². The first kappa shape index (κ1) is 12.8. The SMILES string of the molecule is CC(Nc1c(N)cncc1Br)c1ccccc1F. The maximum Gasteiger partial charge on any atom is 0.128 e. The quantitative estimate of drug-likeness (QED) is 0.908. The molecule has 1 aromatic heterocycles. The van der Waals surface area contributed by atoms with Gasteiger partial charge < -0.3 is 11.1 Å². The fourth-order valence-corrected chi connectivity index (χ4v) is 2.18. The smallest absolute Gasteiger partial charge is 0.128 e. The number of anilines is 2. The Bertz CT molecular complexity index is 539. The molecule has 1 heterocycles. The van der Waals surface area contributed by atoms with Gasteiger partial charge in [0.25, 0.3) is 0 Å². The number of benzene rings is 1. The third-order valence-corrected chi connectivity index (χ3v) is 3.26. The molecule has 3 nitrogen and oxygen atoms in total. The predicted octanol–water partition coefficient (Wildman–Crippen LogP) is 3.74. The van der Waals surface area contributed by atoms with Crippen molar-refractivity contribution in [3.8, 4) is 0 Å². The summed E-state index contributed by atoms with van der Waals surface area (Å²) in [6.45, 7) is 1.88. The first-order chi connectivity index (χ1) is 8.59. The van der Waals surface area contributed by atoms with Gasteiger partial charge >= 0.3 is 0 Å². The summed E-state index contributed by atoms with van der Waals surface area (Å²) >= 11 is 3.37. The van der Waals surface area contributed by atoms with Crippen molar-refractivity contribution in [2.45, 2.75) is 13.0 Å². The second-order valence-electron chi connectivity index (χ2n) is 3.97. The predicted molar refractivity (Wildman–Crippen MR) is 74.8 cm³/mol. The zero-order valence-corrected chi connectivity index (χ0v) is 11.4. The molecule has 5 heteroatoms. The summed E-state index contributed by atoms with van der Waals surface area (Å²) < 4.78 is 14.4. The molecular formula is C13H13BrFN3. The van der Waals surface area contributed by atoms with Gasteiger partial charge in [0.1, 0.15) is 5.82 Å². The molecule has 18 heavy (non-hydrogen) atoms. The first-order valence-electron chi connectivity index (χ1n) is 5.49. The number of nitrogens with zero attached hydrogens (tertiary/aromatic N) is 1. The zero-order chi connectivity index (χ0) is 13.1. The molecule has 0 aliphatic heterocycles. The Morgan fingerprint density at radius 2 is 2.06 bits per heavy atom. The average molecular weight is 310 g/mol. The van der Waals surface area contributed by atoms with E-state index in [1.54, 1.807) is 24.5 Å². The standard InChI is InChI=1S/C13H13BrFN3/c1-8(9-4-2-3-5-11(9)15)18-13-10(14)6-17-7-12(13)16/h2-8H,16H2,1H3,(H,17,18). The van der Waals surface area contributed by atoms with Crippen LogP contribution >= 0.6 is 15.9 Å². The van der Waals surface area contributed by atoms with E-state index in [-0.39, 0.29) is 11.9 Å². The van der Waals surface area contributed by atoms with Gasteiger partial charge in [0.15, 0.2) is 0 Å². The highest BCUT2D eigenvalue weighted by Gasteiger charge is 2.13. The van der Waals surface area contributed by atoms with Crippen molar-refractivity contribution < 1.29 is 4.39 Å². The lowest BCUT2D eigenvalue weighted by molar-refractivity contribution is 0.600. The molecule has 0 saturated carbocycles. The number of nitrogens with two attached hydrogens (primary N) is 1. The van der Waals surface area contributed by atoms with Gasteiger partial charge in [0.05, 0.1) is 28.1 Å². The molecule has 94 valence electrons. The minimum absolute atomic E-state index is 0.188. The van der Waals surface area contributed by atoms with Crippen LogP contribution in [-0.2, 0) is 0 Å². The van der Waals surface area contributed by atoms with Gasteiger partial charge in [-0.15, -0.1) is 0 Å². The number of nitrogens with one attached hydrogen (secondary N) is 1. The summed E-state index contributed by atoms with van der Waals surface area (Å²) in [4.78, 5) is 3.96. The lowest BCUT2D eigenvalue weighted by Crippen LogP contribution is -2.10. The fraction of sp³-hybridized carbons (Fsp3) is 0.154. The van der Waals surface area contributed by atoms with Crippen molar-refractivity contribution >= 4 is 27.3 Å². The number of rotatable bonds is 3. The Hall–Kier alpha value is -1.62. The lowest BCUT2D eigenvalue weighted by atomic mass is 10.1. The van der Waals surface area contributed by atoms with Crippen molar-refractivity contribution in [1.29, 1.82) is 0 Å². The molecule has 1 aromatic carbocycles. The molecule has 1 atom stereocenters. The monoisotopic (exact) mass is 309 g/mol. The lowest BCUT2D eigenvalue weighted by Gasteiger charge is -2.18. The molecule has 0 spiro atoms. The summed E-state index contributed by atoms with van der Waals surface area (Å²) in [5, 5.41) is 3.18. The number of halogens is 2. The van der Waals surface area contributed by atoms with E-state index < -0.39 is 0 Å². The van der Waals surface area contributed by atoms with Crippen LogP contribution in [0, 0.1) is 5.82 Å². The third kappa shape index (κ3) is 2.61. The number of aromatic nitrogens is 1. The Labute approximate surface area is 113 Å². The molecule has 2 aromatic rings. The van der Waals surface area contributed by atoms with Gasteiger partial charge in [-0.25, -0.2) is 4.39 Å². The van der Waals surface area contributed by atoms with Crippen molar-refractivity contribution in [2.75, 3.05) is 11.1 Å². The van der Waals surface area contributed by atoms with E-state index in [1.165, 1.54) is 6.07 Å². The Morgan fingerprint density at radius 3 is 2.72 bits per heavy atom. The molecule has 0 bridgehead atoms. The van der Waals surface area contributed by atoms with E-state index in [9.17, 15) is 4.39 Å². The Balaban J connectivity index is 2.27. The van der Waals surface area contributed by atoms with Crippen LogP contribution in [0.1, 0.15) is 18.5 Å². The van der Waals surface area contributed by atoms with Crippen molar-refractivity contribution in [2.24, 2.45) is 0 Å². The van der Waals surface area contributed by atoms with E-state index in [4.69, 9.17) is 5.73 Å². The summed E-state index contributed by atoms with van der Waals surface area (Å²) in [6.07, 6.45) is 3.20. The van der Waals surface area contributed by atoms with Crippen LogP contribution in [0.2, 0.25) is 0 Å². The van der Waals surface area contributed by atoms with Crippen LogP contribution in [0.15, 0.2) is 41.1 Å². The van der Waals surface area contributed by atoms with Crippen molar-refractivity contribution in [3.63, 3.8) is 0 Å². The maximum absolute atomic E-state index is 13.6. The minimum atomic E-state index is -0.235. The summed E-state index contributed by atoms with van der Waals surface area (Å²) in [6, 6.07) is 6.48. The molecule has 2 rings (SSSR count). The highest BCUT2D eigenvalue weighted by atomic mass is 79.9. The summed E-state index contributed by atoms with van der Waals surface area (Å²) in [5.74, 6) is -0.235. The van der Waals surface area contributed by atoms with E-state index in [1.807, 2.05) is 13.0 Å². The fourth-order valence-electron chi connectivity index (χ4n) is 1.72. The number of hydrogen-bond donors (Lipinski definition) is 2. The van der Waals surface area contributed by atoms with Crippen molar-refractivity contribution in [3.05, 3.63) is 52.5 Å². The normalized spacial score (nSPS) is 12.2. The maximum atomic E-state index is 13.6. The first-order valence-corrected chi connectivity index (χ1v) is 6.29. The van der Waals surface area contributed by atoms with E-state index in [0.717, 1.165) is 10.2 Å². The van der Waals surface area contributed by atoms with Gasteiger partial charge in [0, 0.05) is 11.8 Å². The second-order valence-corrected chi connectivity index (χ2v) is 4.83. The second kappa shape index (κ2) is 5.35. The minimum Gasteiger partial charge on any atom is -0.396 e. The molecule has 0 aliphatic carbocycles. The molecule has 0 radical (unpaired) electrons. The number of hydrogen-bond acceptors (Lipinski definition) is 3. The molecule has 0 fully saturated rings. The molecular weight excluding hydrogens is 297 g/mol.